The van der Waals surface area contributed by atoms with E-state index in [0.717, 1.165) is 25.2 Å². The monoisotopic (exact) mass is 356 g/mol. The van der Waals surface area contributed by atoms with Crippen molar-refractivity contribution in [3.63, 3.8) is 0 Å². The van der Waals surface area contributed by atoms with E-state index >= 15 is 0 Å². The predicted octanol–water partition coefficient (Wildman–Crippen LogP) is 3.16. The lowest BCUT2D eigenvalue weighted by molar-refractivity contribution is -0.872. The second-order valence-electron chi connectivity index (χ2n) is 6.76. The Morgan fingerprint density at radius 2 is 1.68 bits per heavy atom. The summed E-state index contributed by atoms with van der Waals surface area (Å²) in [6, 6.07) is 17.1. The summed E-state index contributed by atoms with van der Waals surface area (Å²) >= 11 is 5.44. The molecule has 0 radical (unpaired) electrons. The maximum absolute atomic E-state index is 5.44. The van der Waals surface area contributed by atoms with E-state index < -0.39 is 0 Å². The number of nitrogens with one attached hydrogen (secondary N) is 3. The second-order valence-corrected chi connectivity index (χ2v) is 7.17. The van der Waals surface area contributed by atoms with Crippen LogP contribution in [0.2, 0.25) is 0 Å². The standard InChI is InChI=1S/C21H29N3S/c1-4-5-8-17-11-13-20(14-12-17)23-21(25)22-15-18-9-6-7-10-19(18)16-24(2)3/h6-7,9-14H,4-5,8,15-16H2,1-3H3,(H2,22,23,25)/p+1. The highest BCUT2D eigenvalue weighted by Crippen LogP contribution is 2.12. The third-order valence-corrected chi connectivity index (χ3v) is 4.38. The fraction of sp³-hybridized carbons (Fsp3) is 0.381. The van der Waals surface area contributed by atoms with Crippen LogP contribution in [0.3, 0.4) is 0 Å². The molecule has 4 heteroatoms. The summed E-state index contributed by atoms with van der Waals surface area (Å²) in [5.41, 5.74) is 5.07. The van der Waals surface area contributed by atoms with Crippen LogP contribution in [0.1, 0.15) is 36.5 Å². The van der Waals surface area contributed by atoms with Crippen molar-refractivity contribution in [3.8, 4) is 0 Å². The van der Waals surface area contributed by atoms with Crippen LogP contribution in [-0.4, -0.2) is 19.2 Å². The van der Waals surface area contributed by atoms with Gasteiger partial charge in [-0.05, 0) is 48.3 Å². The summed E-state index contributed by atoms with van der Waals surface area (Å²) in [4.78, 5) is 1.41. The quantitative estimate of drug-likeness (QED) is 0.635. The molecule has 0 atom stereocenters. The average Bonchev–Trinajstić information content (AvgIpc) is 2.60. The molecule has 2 rings (SSSR count). The third-order valence-electron chi connectivity index (χ3n) is 4.13. The van der Waals surface area contributed by atoms with E-state index in [9.17, 15) is 0 Å². The second kappa shape index (κ2) is 10.2. The lowest BCUT2D eigenvalue weighted by atomic mass is 10.1. The molecule has 3 nitrogen and oxygen atoms in total. The first kappa shape index (κ1) is 19.4. The van der Waals surface area contributed by atoms with E-state index in [1.54, 1.807) is 0 Å². The van der Waals surface area contributed by atoms with Crippen molar-refractivity contribution in [1.29, 1.82) is 0 Å². The molecule has 0 aliphatic heterocycles. The number of quaternary nitrogens is 1. The topological polar surface area (TPSA) is 28.5 Å². The normalized spacial score (nSPS) is 10.7. The van der Waals surface area contributed by atoms with Gasteiger partial charge in [0.25, 0.3) is 0 Å². The van der Waals surface area contributed by atoms with Gasteiger partial charge < -0.3 is 15.5 Å². The van der Waals surface area contributed by atoms with Gasteiger partial charge in [-0.25, -0.2) is 0 Å². The molecular weight excluding hydrogens is 326 g/mol. The minimum Gasteiger partial charge on any atom is -0.358 e. The number of rotatable bonds is 8. The Labute approximate surface area is 157 Å². The van der Waals surface area contributed by atoms with Gasteiger partial charge in [-0.3, -0.25) is 0 Å². The lowest BCUT2D eigenvalue weighted by Gasteiger charge is -2.15. The van der Waals surface area contributed by atoms with E-state index in [-0.39, 0.29) is 0 Å². The minimum atomic E-state index is 0.660. The average molecular weight is 357 g/mol. The van der Waals surface area contributed by atoms with Gasteiger partial charge >= 0.3 is 0 Å². The first-order valence-corrected chi connectivity index (χ1v) is 9.49. The zero-order chi connectivity index (χ0) is 18.1. The Kier molecular flexibility index (Phi) is 7.89. The van der Waals surface area contributed by atoms with Gasteiger partial charge in [-0.2, -0.15) is 0 Å². The van der Waals surface area contributed by atoms with Crippen molar-refractivity contribution in [2.24, 2.45) is 0 Å². The van der Waals surface area contributed by atoms with Gasteiger partial charge in [0.1, 0.15) is 6.54 Å². The Morgan fingerprint density at radius 1 is 1.00 bits per heavy atom. The number of anilines is 1. The molecule has 0 spiro atoms. The highest BCUT2D eigenvalue weighted by Gasteiger charge is 2.06. The first-order valence-electron chi connectivity index (χ1n) is 9.08. The number of aryl methyl sites for hydroxylation is 1. The molecule has 134 valence electrons. The van der Waals surface area contributed by atoms with Crippen LogP contribution in [0.5, 0.6) is 0 Å². The Bertz CT molecular complexity index is 665. The molecule has 25 heavy (non-hydrogen) atoms. The number of benzene rings is 2. The molecule has 0 aromatic heterocycles. The number of hydrogen-bond acceptors (Lipinski definition) is 1. The van der Waals surface area contributed by atoms with Gasteiger partial charge in [0.05, 0.1) is 14.1 Å². The van der Waals surface area contributed by atoms with Crippen molar-refractivity contribution in [2.75, 3.05) is 19.4 Å². The van der Waals surface area contributed by atoms with Crippen LogP contribution >= 0.6 is 12.2 Å². The zero-order valence-corrected chi connectivity index (χ0v) is 16.4. The van der Waals surface area contributed by atoms with Gasteiger partial charge in [-0.15, -0.1) is 0 Å². The molecule has 0 saturated carbocycles. The summed E-state index contributed by atoms with van der Waals surface area (Å²) < 4.78 is 0. The largest absolute Gasteiger partial charge is 0.358 e. The zero-order valence-electron chi connectivity index (χ0n) is 15.6. The van der Waals surface area contributed by atoms with Crippen LogP contribution in [0.25, 0.3) is 0 Å². The van der Waals surface area contributed by atoms with Gasteiger partial charge in [-0.1, -0.05) is 49.7 Å². The minimum absolute atomic E-state index is 0.660. The number of unbranched alkanes of at least 4 members (excludes halogenated alkanes) is 1. The SMILES string of the molecule is CCCCc1ccc(NC(=S)NCc2ccccc2C[NH+](C)C)cc1. The predicted molar refractivity (Wildman–Crippen MR) is 111 cm³/mol. The van der Waals surface area contributed by atoms with E-state index in [2.05, 4.69) is 80.2 Å². The van der Waals surface area contributed by atoms with Crippen molar-refractivity contribution in [3.05, 3.63) is 65.2 Å². The van der Waals surface area contributed by atoms with E-state index in [1.807, 2.05) is 0 Å². The van der Waals surface area contributed by atoms with E-state index in [4.69, 9.17) is 12.2 Å². The Hall–Kier alpha value is -1.91. The van der Waals surface area contributed by atoms with Crippen molar-refractivity contribution in [2.45, 2.75) is 39.3 Å². The van der Waals surface area contributed by atoms with Crippen LogP contribution in [-0.2, 0) is 19.5 Å². The van der Waals surface area contributed by atoms with E-state index in [0.29, 0.717) is 5.11 Å². The summed E-state index contributed by atoms with van der Waals surface area (Å²) in [7, 11) is 4.33. The highest BCUT2D eigenvalue weighted by atomic mass is 32.1. The maximum Gasteiger partial charge on any atom is 0.171 e. The fourth-order valence-electron chi connectivity index (χ4n) is 2.77. The molecule has 0 fully saturated rings. The van der Waals surface area contributed by atoms with Crippen LogP contribution in [0.15, 0.2) is 48.5 Å². The van der Waals surface area contributed by atoms with Gasteiger partial charge in [0.15, 0.2) is 5.11 Å². The number of thiocarbonyl (C=S) groups is 1. The maximum atomic E-state index is 5.44. The summed E-state index contributed by atoms with van der Waals surface area (Å²) in [6.45, 7) is 3.97. The lowest BCUT2D eigenvalue weighted by Crippen LogP contribution is -3.04. The van der Waals surface area contributed by atoms with Gasteiger partial charge in [0.2, 0.25) is 0 Å². The fourth-order valence-corrected chi connectivity index (χ4v) is 2.96. The molecule has 3 N–H and O–H groups in total. The Balaban J connectivity index is 1.86. The molecule has 0 aliphatic rings. The summed E-state index contributed by atoms with van der Waals surface area (Å²) in [5.74, 6) is 0. The van der Waals surface area contributed by atoms with Crippen molar-refractivity contribution < 1.29 is 4.90 Å². The van der Waals surface area contributed by atoms with Crippen LogP contribution < -0.4 is 15.5 Å². The highest BCUT2D eigenvalue weighted by molar-refractivity contribution is 7.80. The molecular formula is C21H30N3S+. The van der Waals surface area contributed by atoms with E-state index in [1.165, 1.54) is 34.4 Å². The van der Waals surface area contributed by atoms with Crippen LogP contribution in [0.4, 0.5) is 5.69 Å². The summed E-state index contributed by atoms with van der Waals surface area (Å²) in [6.07, 6.45) is 3.61. The molecule has 0 saturated heterocycles. The molecule has 2 aromatic carbocycles. The van der Waals surface area contributed by atoms with Crippen molar-refractivity contribution in [1.82, 2.24) is 5.32 Å². The first-order chi connectivity index (χ1) is 12.1. The third kappa shape index (κ3) is 6.85. The van der Waals surface area contributed by atoms with Crippen molar-refractivity contribution >= 4 is 23.0 Å². The van der Waals surface area contributed by atoms with Crippen LogP contribution in [0, 0.1) is 0 Å². The molecule has 0 bridgehead atoms. The molecule has 2 aromatic rings. The van der Waals surface area contributed by atoms with Gasteiger partial charge in [0, 0.05) is 17.8 Å². The molecule has 0 heterocycles. The Morgan fingerprint density at radius 3 is 2.32 bits per heavy atom. The number of hydrogen-bond donors (Lipinski definition) is 3. The summed E-state index contributed by atoms with van der Waals surface area (Å²) in [5, 5.41) is 7.25. The molecule has 0 amide bonds. The molecule has 0 unspecified atom stereocenters. The molecule has 0 aliphatic carbocycles. The smallest absolute Gasteiger partial charge is 0.171 e.